The molecule has 1 atom stereocenters. The number of benzene rings is 1. The Morgan fingerprint density at radius 3 is 2.56 bits per heavy atom. The third-order valence-electron chi connectivity index (χ3n) is 2.64. The Morgan fingerprint density at radius 2 is 1.88 bits per heavy atom. The topological polar surface area (TPSA) is 51.8 Å². The number of rotatable bonds is 2. The van der Waals surface area contributed by atoms with Gasteiger partial charge < -0.3 is 5.73 Å². The minimum atomic E-state index is -0.178. The van der Waals surface area contributed by atoms with Gasteiger partial charge in [-0.2, -0.15) is 0 Å². The minimum absolute atomic E-state index is 0.178. The van der Waals surface area contributed by atoms with E-state index in [0.717, 1.165) is 17.1 Å². The van der Waals surface area contributed by atoms with E-state index < -0.39 is 0 Å². The van der Waals surface area contributed by atoms with Gasteiger partial charge in [0, 0.05) is 6.20 Å². The van der Waals surface area contributed by atoms with E-state index in [1.54, 1.807) is 6.20 Å². The summed E-state index contributed by atoms with van der Waals surface area (Å²) in [6.45, 7) is 3.93. The van der Waals surface area contributed by atoms with Gasteiger partial charge >= 0.3 is 0 Å². The molecule has 0 aliphatic heterocycles. The van der Waals surface area contributed by atoms with Crippen molar-refractivity contribution in [3.05, 3.63) is 59.2 Å². The van der Waals surface area contributed by atoms with Crippen molar-refractivity contribution in [2.75, 3.05) is 0 Å². The molecule has 3 nitrogen and oxygen atoms in total. The molecule has 2 N–H and O–H groups in total. The van der Waals surface area contributed by atoms with Gasteiger partial charge in [0.05, 0.1) is 11.7 Å². The molecule has 0 aliphatic rings. The molecule has 1 aromatic carbocycles. The average molecular weight is 213 g/mol. The molecule has 0 bridgehead atoms. The Labute approximate surface area is 95.4 Å². The standard InChI is InChI=1S/C13H15N3/c1-9-5-3-4-6-11(9)13(14)12-7-8-15-10(2)16-12/h3-8,13H,14H2,1-2H3. The van der Waals surface area contributed by atoms with E-state index in [1.165, 1.54) is 5.56 Å². The zero-order valence-corrected chi connectivity index (χ0v) is 9.51. The van der Waals surface area contributed by atoms with Crippen molar-refractivity contribution < 1.29 is 0 Å². The number of nitrogens with two attached hydrogens (primary N) is 1. The monoisotopic (exact) mass is 213 g/mol. The van der Waals surface area contributed by atoms with Gasteiger partial charge in [0.2, 0.25) is 0 Å². The maximum Gasteiger partial charge on any atom is 0.125 e. The minimum Gasteiger partial charge on any atom is -0.319 e. The van der Waals surface area contributed by atoms with Crippen LogP contribution in [0.1, 0.15) is 28.7 Å². The fourth-order valence-corrected chi connectivity index (χ4v) is 1.74. The second-order valence-corrected chi connectivity index (χ2v) is 3.86. The van der Waals surface area contributed by atoms with Crippen LogP contribution in [0, 0.1) is 13.8 Å². The van der Waals surface area contributed by atoms with Crippen molar-refractivity contribution in [1.82, 2.24) is 9.97 Å². The van der Waals surface area contributed by atoms with Gasteiger partial charge in [0.25, 0.3) is 0 Å². The highest BCUT2D eigenvalue weighted by Crippen LogP contribution is 2.20. The summed E-state index contributed by atoms with van der Waals surface area (Å²) in [4.78, 5) is 8.43. The molecule has 0 amide bonds. The van der Waals surface area contributed by atoms with Crippen molar-refractivity contribution in [2.24, 2.45) is 5.73 Å². The van der Waals surface area contributed by atoms with Gasteiger partial charge in [0.1, 0.15) is 5.82 Å². The third kappa shape index (κ3) is 2.09. The fourth-order valence-electron chi connectivity index (χ4n) is 1.74. The molecule has 0 saturated carbocycles. The molecule has 3 heteroatoms. The first-order valence-electron chi connectivity index (χ1n) is 5.29. The molecule has 1 heterocycles. The normalized spacial score (nSPS) is 12.4. The lowest BCUT2D eigenvalue weighted by molar-refractivity contribution is 0.801. The molecule has 0 aliphatic carbocycles. The first-order valence-corrected chi connectivity index (χ1v) is 5.29. The molecule has 0 radical (unpaired) electrons. The van der Waals surface area contributed by atoms with E-state index in [9.17, 15) is 0 Å². The maximum atomic E-state index is 6.20. The molecule has 0 fully saturated rings. The number of aromatic nitrogens is 2. The van der Waals surface area contributed by atoms with E-state index in [4.69, 9.17) is 5.73 Å². The predicted octanol–water partition coefficient (Wildman–Crippen LogP) is 2.14. The van der Waals surface area contributed by atoms with Crippen LogP contribution in [-0.2, 0) is 0 Å². The molecule has 2 aromatic rings. The summed E-state index contributed by atoms with van der Waals surface area (Å²) in [6, 6.07) is 9.79. The molecule has 1 aromatic heterocycles. The highest BCUT2D eigenvalue weighted by molar-refractivity contribution is 5.33. The molecule has 82 valence electrons. The Hall–Kier alpha value is -1.74. The lowest BCUT2D eigenvalue weighted by atomic mass is 9.99. The summed E-state index contributed by atoms with van der Waals surface area (Å²) < 4.78 is 0. The summed E-state index contributed by atoms with van der Waals surface area (Å²) in [5.41, 5.74) is 9.36. The van der Waals surface area contributed by atoms with E-state index in [-0.39, 0.29) is 6.04 Å². The first kappa shape index (κ1) is 10.8. The average Bonchev–Trinajstić information content (AvgIpc) is 2.29. The Balaban J connectivity index is 2.39. The summed E-state index contributed by atoms with van der Waals surface area (Å²) in [7, 11) is 0. The number of hydrogen-bond acceptors (Lipinski definition) is 3. The van der Waals surface area contributed by atoms with Crippen LogP contribution in [0.3, 0.4) is 0 Å². The zero-order chi connectivity index (χ0) is 11.5. The van der Waals surface area contributed by atoms with E-state index in [2.05, 4.69) is 23.0 Å². The Kier molecular flexibility index (Phi) is 2.97. The summed E-state index contributed by atoms with van der Waals surface area (Å²) in [5, 5.41) is 0. The Bertz CT molecular complexity index is 494. The molecule has 1 unspecified atom stereocenters. The van der Waals surface area contributed by atoms with E-state index in [1.807, 2.05) is 31.2 Å². The van der Waals surface area contributed by atoms with Crippen LogP contribution >= 0.6 is 0 Å². The van der Waals surface area contributed by atoms with Gasteiger partial charge in [-0.15, -0.1) is 0 Å². The fraction of sp³-hybridized carbons (Fsp3) is 0.231. The molecule has 0 saturated heterocycles. The van der Waals surface area contributed by atoms with Crippen LogP contribution in [0.2, 0.25) is 0 Å². The van der Waals surface area contributed by atoms with Gasteiger partial charge in [-0.1, -0.05) is 24.3 Å². The predicted molar refractivity (Wildman–Crippen MR) is 64.0 cm³/mol. The Morgan fingerprint density at radius 1 is 1.12 bits per heavy atom. The van der Waals surface area contributed by atoms with E-state index >= 15 is 0 Å². The zero-order valence-electron chi connectivity index (χ0n) is 9.51. The van der Waals surface area contributed by atoms with Crippen molar-refractivity contribution >= 4 is 0 Å². The van der Waals surface area contributed by atoms with Gasteiger partial charge in [-0.3, -0.25) is 0 Å². The largest absolute Gasteiger partial charge is 0.319 e. The number of hydrogen-bond donors (Lipinski definition) is 1. The third-order valence-corrected chi connectivity index (χ3v) is 2.64. The number of nitrogens with zero attached hydrogens (tertiary/aromatic N) is 2. The maximum absolute atomic E-state index is 6.20. The molecule has 2 rings (SSSR count). The second kappa shape index (κ2) is 4.41. The SMILES string of the molecule is Cc1nccc(C(N)c2ccccc2C)n1. The highest BCUT2D eigenvalue weighted by atomic mass is 14.9. The second-order valence-electron chi connectivity index (χ2n) is 3.86. The number of aryl methyl sites for hydroxylation is 2. The van der Waals surface area contributed by atoms with Gasteiger partial charge in [-0.25, -0.2) is 9.97 Å². The smallest absolute Gasteiger partial charge is 0.125 e. The van der Waals surface area contributed by atoms with E-state index in [0.29, 0.717) is 0 Å². The van der Waals surface area contributed by atoms with Crippen molar-refractivity contribution in [3.63, 3.8) is 0 Å². The van der Waals surface area contributed by atoms with Gasteiger partial charge in [-0.05, 0) is 31.0 Å². The lowest BCUT2D eigenvalue weighted by Crippen LogP contribution is -2.15. The summed E-state index contributed by atoms with van der Waals surface area (Å²) in [5.74, 6) is 0.751. The lowest BCUT2D eigenvalue weighted by Gasteiger charge is -2.14. The quantitative estimate of drug-likeness (QED) is 0.831. The van der Waals surface area contributed by atoms with Crippen LogP contribution in [0.15, 0.2) is 36.5 Å². The van der Waals surface area contributed by atoms with Crippen LogP contribution in [0.5, 0.6) is 0 Å². The van der Waals surface area contributed by atoms with Crippen LogP contribution in [-0.4, -0.2) is 9.97 Å². The summed E-state index contributed by atoms with van der Waals surface area (Å²) >= 11 is 0. The summed E-state index contributed by atoms with van der Waals surface area (Å²) in [6.07, 6.45) is 1.75. The van der Waals surface area contributed by atoms with Crippen LogP contribution < -0.4 is 5.73 Å². The van der Waals surface area contributed by atoms with Crippen molar-refractivity contribution in [1.29, 1.82) is 0 Å². The van der Waals surface area contributed by atoms with Crippen molar-refractivity contribution in [2.45, 2.75) is 19.9 Å². The van der Waals surface area contributed by atoms with Crippen molar-refractivity contribution in [3.8, 4) is 0 Å². The molecular weight excluding hydrogens is 198 g/mol. The molecule has 0 spiro atoms. The first-order chi connectivity index (χ1) is 7.68. The highest BCUT2D eigenvalue weighted by Gasteiger charge is 2.12. The van der Waals surface area contributed by atoms with Crippen LogP contribution in [0.4, 0.5) is 0 Å². The molecule has 16 heavy (non-hydrogen) atoms. The van der Waals surface area contributed by atoms with Crippen LogP contribution in [0.25, 0.3) is 0 Å². The van der Waals surface area contributed by atoms with Gasteiger partial charge in [0.15, 0.2) is 0 Å². The molecular formula is C13H15N3.